The van der Waals surface area contributed by atoms with Gasteiger partial charge in [0.05, 0.1) is 26.2 Å². The fourth-order valence-electron chi connectivity index (χ4n) is 2.53. The first-order valence-electron chi connectivity index (χ1n) is 8.22. The van der Waals surface area contributed by atoms with Crippen molar-refractivity contribution in [1.29, 1.82) is 0 Å². The van der Waals surface area contributed by atoms with E-state index in [0.717, 1.165) is 21.7 Å². The number of methoxy groups -OCH3 is 2. The summed E-state index contributed by atoms with van der Waals surface area (Å²) in [5.41, 5.74) is 3.07. The van der Waals surface area contributed by atoms with Gasteiger partial charge in [-0.3, -0.25) is 9.10 Å². The Morgan fingerprint density at radius 1 is 1.00 bits per heavy atom. The fraction of sp³-hybridized carbons (Fsp3) is 0.316. The highest BCUT2D eigenvalue weighted by molar-refractivity contribution is 7.92. The SMILES string of the molecule is COc1ccc(N(CC(=O)Nc2ccc(C)c(C)c2)S(C)(=O)=O)cc1OC. The van der Waals surface area contributed by atoms with E-state index in [2.05, 4.69) is 5.32 Å². The zero-order valence-corrected chi connectivity index (χ0v) is 16.9. The Morgan fingerprint density at radius 2 is 1.67 bits per heavy atom. The van der Waals surface area contributed by atoms with Crippen LogP contribution in [0, 0.1) is 13.8 Å². The van der Waals surface area contributed by atoms with Gasteiger partial charge >= 0.3 is 0 Å². The van der Waals surface area contributed by atoms with Gasteiger partial charge in [-0.2, -0.15) is 0 Å². The molecule has 2 aromatic carbocycles. The molecular weight excluding hydrogens is 368 g/mol. The quantitative estimate of drug-likeness (QED) is 0.783. The van der Waals surface area contributed by atoms with Crippen molar-refractivity contribution in [2.75, 3.05) is 36.6 Å². The number of anilines is 2. The summed E-state index contributed by atoms with van der Waals surface area (Å²) in [5.74, 6) is 0.394. The van der Waals surface area contributed by atoms with E-state index in [1.807, 2.05) is 26.0 Å². The number of hydrogen-bond acceptors (Lipinski definition) is 5. The molecule has 0 fully saturated rings. The molecule has 8 heteroatoms. The van der Waals surface area contributed by atoms with Crippen LogP contribution in [0.4, 0.5) is 11.4 Å². The third-order valence-electron chi connectivity index (χ3n) is 4.13. The van der Waals surface area contributed by atoms with Crippen LogP contribution < -0.4 is 19.1 Å². The minimum absolute atomic E-state index is 0.311. The van der Waals surface area contributed by atoms with Crippen molar-refractivity contribution in [3.05, 3.63) is 47.5 Å². The van der Waals surface area contributed by atoms with Gasteiger partial charge in [-0.05, 0) is 49.2 Å². The second kappa shape index (κ2) is 8.30. The Hall–Kier alpha value is -2.74. The Labute approximate surface area is 160 Å². The first kappa shape index (κ1) is 20.6. The van der Waals surface area contributed by atoms with E-state index < -0.39 is 15.9 Å². The number of carbonyl (C=O) groups excluding carboxylic acids is 1. The molecule has 0 aliphatic heterocycles. The molecule has 146 valence electrons. The first-order valence-corrected chi connectivity index (χ1v) is 10.1. The molecule has 2 aromatic rings. The number of rotatable bonds is 7. The highest BCUT2D eigenvalue weighted by Gasteiger charge is 2.22. The van der Waals surface area contributed by atoms with E-state index in [1.165, 1.54) is 20.3 Å². The number of aryl methyl sites for hydroxylation is 2. The molecule has 0 heterocycles. The monoisotopic (exact) mass is 392 g/mol. The summed E-state index contributed by atoms with van der Waals surface area (Å²) in [4.78, 5) is 12.4. The zero-order valence-electron chi connectivity index (χ0n) is 16.1. The molecule has 0 radical (unpaired) electrons. The van der Waals surface area contributed by atoms with E-state index in [0.29, 0.717) is 22.9 Å². The van der Waals surface area contributed by atoms with Crippen LogP contribution in [0.2, 0.25) is 0 Å². The van der Waals surface area contributed by atoms with Crippen molar-refractivity contribution in [3.63, 3.8) is 0 Å². The number of carbonyl (C=O) groups is 1. The molecule has 27 heavy (non-hydrogen) atoms. The maximum Gasteiger partial charge on any atom is 0.245 e. The highest BCUT2D eigenvalue weighted by atomic mass is 32.2. The van der Waals surface area contributed by atoms with Crippen LogP contribution in [0.15, 0.2) is 36.4 Å². The van der Waals surface area contributed by atoms with Crippen molar-refractivity contribution in [2.24, 2.45) is 0 Å². The smallest absolute Gasteiger partial charge is 0.245 e. The van der Waals surface area contributed by atoms with Gasteiger partial charge in [0.1, 0.15) is 6.54 Å². The average molecular weight is 392 g/mol. The molecule has 0 unspecified atom stereocenters. The average Bonchev–Trinajstić information content (AvgIpc) is 2.61. The van der Waals surface area contributed by atoms with Crippen molar-refractivity contribution in [3.8, 4) is 11.5 Å². The molecule has 0 bridgehead atoms. The summed E-state index contributed by atoms with van der Waals surface area (Å²) < 4.78 is 35.9. The van der Waals surface area contributed by atoms with E-state index in [9.17, 15) is 13.2 Å². The number of nitrogens with zero attached hydrogens (tertiary/aromatic N) is 1. The number of benzene rings is 2. The van der Waals surface area contributed by atoms with Gasteiger partial charge in [-0.25, -0.2) is 8.42 Å². The molecule has 0 aliphatic carbocycles. The summed E-state index contributed by atoms with van der Waals surface area (Å²) in [5, 5.41) is 2.73. The summed E-state index contributed by atoms with van der Waals surface area (Å²) >= 11 is 0. The van der Waals surface area contributed by atoms with Gasteiger partial charge in [0, 0.05) is 11.8 Å². The third kappa shape index (κ3) is 5.13. The second-order valence-electron chi connectivity index (χ2n) is 6.16. The second-order valence-corrected chi connectivity index (χ2v) is 8.06. The summed E-state index contributed by atoms with van der Waals surface area (Å²) in [6.07, 6.45) is 1.05. The Morgan fingerprint density at radius 3 is 2.22 bits per heavy atom. The largest absolute Gasteiger partial charge is 0.493 e. The van der Waals surface area contributed by atoms with Crippen LogP contribution in [-0.4, -0.2) is 41.3 Å². The molecular formula is C19H24N2O5S. The lowest BCUT2D eigenvalue weighted by atomic mass is 10.1. The third-order valence-corrected chi connectivity index (χ3v) is 5.27. The molecule has 7 nitrogen and oxygen atoms in total. The van der Waals surface area contributed by atoms with Crippen LogP contribution >= 0.6 is 0 Å². The molecule has 0 aromatic heterocycles. The zero-order chi connectivity index (χ0) is 20.2. The fourth-order valence-corrected chi connectivity index (χ4v) is 3.38. The summed E-state index contributed by atoms with van der Waals surface area (Å²) in [7, 11) is -0.742. The van der Waals surface area contributed by atoms with Crippen molar-refractivity contribution < 1.29 is 22.7 Å². The lowest BCUT2D eigenvalue weighted by molar-refractivity contribution is -0.114. The van der Waals surface area contributed by atoms with Crippen LogP contribution in [0.3, 0.4) is 0 Å². The maximum absolute atomic E-state index is 12.4. The number of nitrogens with one attached hydrogen (secondary N) is 1. The standard InChI is InChI=1S/C19H24N2O5S/c1-13-6-7-15(10-14(13)2)20-19(22)12-21(27(5,23)24)16-8-9-17(25-3)18(11-16)26-4/h6-11H,12H2,1-5H3,(H,20,22). The Kier molecular flexibility index (Phi) is 6.32. The number of hydrogen-bond donors (Lipinski definition) is 1. The van der Waals surface area contributed by atoms with Crippen LogP contribution in [0.25, 0.3) is 0 Å². The first-order chi connectivity index (χ1) is 12.7. The van der Waals surface area contributed by atoms with E-state index in [-0.39, 0.29) is 6.54 Å². The van der Waals surface area contributed by atoms with Crippen LogP contribution in [0.1, 0.15) is 11.1 Å². The molecule has 0 saturated carbocycles. The molecule has 1 N–H and O–H groups in total. The Bertz CT molecular complexity index is 941. The predicted molar refractivity (Wildman–Crippen MR) is 106 cm³/mol. The molecule has 2 rings (SSSR count). The van der Waals surface area contributed by atoms with Crippen LogP contribution in [-0.2, 0) is 14.8 Å². The van der Waals surface area contributed by atoms with E-state index >= 15 is 0 Å². The summed E-state index contributed by atoms with van der Waals surface area (Å²) in [6, 6.07) is 10.2. The van der Waals surface area contributed by atoms with Gasteiger partial charge in [0.25, 0.3) is 0 Å². The van der Waals surface area contributed by atoms with Crippen molar-refractivity contribution in [1.82, 2.24) is 0 Å². The molecule has 0 aliphatic rings. The normalized spacial score (nSPS) is 11.0. The lowest BCUT2D eigenvalue weighted by Gasteiger charge is -2.23. The molecule has 0 atom stereocenters. The molecule has 0 spiro atoms. The van der Waals surface area contributed by atoms with E-state index in [4.69, 9.17) is 9.47 Å². The predicted octanol–water partition coefficient (Wildman–Crippen LogP) is 2.73. The van der Waals surface area contributed by atoms with Gasteiger partial charge in [-0.15, -0.1) is 0 Å². The van der Waals surface area contributed by atoms with Gasteiger partial charge in [0.2, 0.25) is 15.9 Å². The lowest BCUT2D eigenvalue weighted by Crippen LogP contribution is -2.37. The number of sulfonamides is 1. The Balaban J connectivity index is 2.27. The maximum atomic E-state index is 12.4. The van der Waals surface area contributed by atoms with Gasteiger partial charge < -0.3 is 14.8 Å². The molecule has 1 amide bonds. The van der Waals surface area contributed by atoms with E-state index in [1.54, 1.807) is 18.2 Å². The van der Waals surface area contributed by atoms with Crippen LogP contribution in [0.5, 0.6) is 11.5 Å². The molecule has 0 saturated heterocycles. The van der Waals surface area contributed by atoms with Crippen molar-refractivity contribution in [2.45, 2.75) is 13.8 Å². The topological polar surface area (TPSA) is 84.9 Å². The highest BCUT2D eigenvalue weighted by Crippen LogP contribution is 2.32. The van der Waals surface area contributed by atoms with Crippen molar-refractivity contribution >= 4 is 27.3 Å². The summed E-state index contributed by atoms with van der Waals surface area (Å²) in [6.45, 7) is 3.56. The minimum Gasteiger partial charge on any atom is -0.493 e. The minimum atomic E-state index is -3.69. The van der Waals surface area contributed by atoms with Gasteiger partial charge in [-0.1, -0.05) is 6.07 Å². The number of amides is 1. The van der Waals surface area contributed by atoms with Gasteiger partial charge in [0.15, 0.2) is 11.5 Å². The number of ether oxygens (including phenoxy) is 2.